The summed E-state index contributed by atoms with van der Waals surface area (Å²) in [6.45, 7) is 5.34. The zero-order valence-electron chi connectivity index (χ0n) is 25.3. The maximum Gasteiger partial charge on any atom is 0.511 e. The van der Waals surface area contributed by atoms with Crippen LogP contribution in [0.5, 0.6) is 0 Å². The van der Waals surface area contributed by atoms with Crippen molar-refractivity contribution in [1.82, 2.24) is 24.5 Å². The third-order valence-electron chi connectivity index (χ3n) is 6.95. The molecule has 1 amide bonds. The number of aryl methyl sites for hydroxylation is 1. The Morgan fingerprint density at radius 3 is 2.47 bits per heavy atom. The Morgan fingerprint density at radius 2 is 1.81 bits per heavy atom. The summed E-state index contributed by atoms with van der Waals surface area (Å²) >= 11 is 0. The van der Waals surface area contributed by atoms with Gasteiger partial charge in [-0.2, -0.15) is 22.9 Å². The van der Waals surface area contributed by atoms with Gasteiger partial charge in [0.15, 0.2) is 5.69 Å². The minimum Gasteiger partial charge on any atom is -0.447 e. The number of ether oxygens (including phenoxy) is 3. The molecule has 1 aliphatic rings. The Bertz CT molecular complexity index is 1790. The van der Waals surface area contributed by atoms with Crippen molar-refractivity contribution in [3.05, 3.63) is 65.9 Å². The molecule has 1 unspecified atom stereocenters. The highest BCUT2D eigenvalue weighted by atomic mass is 32.2. The van der Waals surface area contributed by atoms with Crippen LogP contribution in [0, 0.1) is 6.92 Å². The topological polar surface area (TPSA) is 161 Å². The molecule has 1 aliphatic heterocycles. The highest BCUT2D eigenvalue weighted by molar-refractivity contribution is 7.90. The molecule has 254 valence electrons. The molecule has 47 heavy (non-hydrogen) atoms. The molecule has 0 aliphatic carbocycles. The van der Waals surface area contributed by atoms with Gasteiger partial charge in [-0.25, -0.2) is 27.4 Å². The predicted molar refractivity (Wildman–Crippen MR) is 155 cm³/mol. The van der Waals surface area contributed by atoms with Gasteiger partial charge in [-0.3, -0.25) is 5.01 Å². The van der Waals surface area contributed by atoms with Crippen molar-refractivity contribution in [2.75, 3.05) is 24.8 Å². The summed E-state index contributed by atoms with van der Waals surface area (Å²) in [6, 6.07) is 12.2. The van der Waals surface area contributed by atoms with E-state index in [1.165, 1.54) is 24.0 Å². The molecule has 0 bridgehead atoms. The van der Waals surface area contributed by atoms with Crippen LogP contribution >= 0.6 is 0 Å². The number of nitrogens with one attached hydrogen (secondary N) is 1. The lowest BCUT2D eigenvalue weighted by Crippen LogP contribution is -2.42. The monoisotopic (exact) mass is 684 g/mol. The number of aromatic nitrogens is 4. The third-order valence-corrected chi connectivity index (χ3v) is 8.28. The van der Waals surface area contributed by atoms with Gasteiger partial charge in [0.2, 0.25) is 0 Å². The molecule has 15 nitrogen and oxygen atoms in total. The summed E-state index contributed by atoms with van der Waals surface area (Å²) in [5.74, 6) is 0. The number of alkyl halides is 3. The van der Waals surface area contributed by atoms with E-state index in [9.17, 15) is 31.2 Å². The second kappa shape index (κ2) is 13.3. The van der Waals surface area contributed by atoms with Gasteiger partial charge in [-0.05, 0) is 57.0 Å². The smallest absolute Gasteiger partial charge is 0.447 e. The van der Waals surface area contributed by atoms with Crippen molar-refractivity contribution in [1.29, 1.82) is 0 Å². The molecular weight excluding hydrogens is 653 g/mol. The van der Waals surface area contributed by atoms with E-state index < -0.39 is 46.5 Å². The Kier molecular flexibility index (Phi) is 9.45. The van der Waals surface area contributed by atoms with Crippen molar-refractivity contribution in [3.63, 3.8) is 0 Å². The molecule has 1 N–H and O–H groups in total. The Balaban J connectivity index is 1.19. The van der Waals surface area contributed by atoms with Crippen LogP contribution in [0.3, 0.4) is 0 Å². The fourth-order valence-electron chi connectivity index (χ4n) is 4.68. The van der Waals surface area contributed by atoms with Crippen LogP contribution in [0.25, 0.3) is 16.9 Å². The van der Waals surface area contributed by atoms with Crippen molar-refractivity contribution in [3.8, 4) is 16.9 Å². The number of hydrogen-bond donors (Lipinski definition) is 1. The van der Waals surface area contributed by atoms with Crippen molar-refractivity contribution in [2.45, 2.75) is 57.0 Å². The van der Waals surface area contributed by atoms with Crippen molar-refractivity contribution >= 4 is 22.3 Å². The lowest BCUT2D eigenvalue weighted by Gasteiger charge is -2.20. The second-order valence-electron chi connectivity index (χ2n) is 10.4. The van der Waals surface area contributed by atoms with Crippen LogP contribution in [-0.2, 0) is 30.4 Å². The molecule has 4 aromatic rings. The number of nitrogens with zero attached hydrogens (tertiary/aromatic N) is 5. The van der Waals surface area contributed by atoms with E-state index >= 15 is 0 Å². The number of carbonyl (C=O) groups is 2. The van der Waals surface area contributed by atoms with E-state index in [0.29, 0.717) is 24.9 Å². The number of hydrogen-bond acceptors (Lipinski definition) is 11. The normalized spacial score (nSPS) is 15.8. The number of halogens is 3. The van der Waals surface area contributed by atoms with Gasteiger partial charge in [0.05, 0.1) is 33.9 Å². The van der Waals surface area contributed by atoms with Crippen molar-refractivity contribution < 1.29 is 54.9 Å². The van der Waals surface area contributed by atoms with Gasteiger partial charge in [-0.15, -0.1) is 0 Å². The summed E-state index contributed by atoms with van der Waals surface area (Å²) < 4.78 is 89.2. The van der Waals surface area contributed by atoms with E-state index in [1.807, 2.05) is 11.6 Å². The second-order valence-corrected chi connectivity index (χ2v) is 12.1. The summed E-state index contributed by atoms with van der Waals surface area (Å²) in [4.78, 5) is 30.1. The first-order valence-corrected chi connectivity index (χ1v) is 15.8. The largest absolute Gasteiger partial charge is 0.511 e. The molecule has 0 spiro atoms. The summed E-state index contributed by atoms with van der Waals surface area (Å²) in [6.07, 6.45) is -6.60. The highest BCUT2D eigenvalue weighted by Crippen LogP contribution is 2.33. The molecule has 3 heterocycles. The van der Waals surface area contributed by atoms with Gasteiger partial charge >= 0.3 is 18.4 Å². The van der Waals surface area contributed by atoms with Crippen LogP contribution in [0.2, 0.25) is 0 Å². The van der Waals surface area contributed by atoms with Gasteiger partial charge in [0.1, 0.15) is 11.6 Å². The van der Waals surface area contributed by atoms with E-state index in [-0.39, 0.29) is 29.5 Å². The lowest BCUT2D eigenvalue weighted by atomic mass is 10.1. The van der Waals surface area contributed by atoms with E-state index in [1.54, 1.807) is 36.2 Å². The fourth-order valence-corrected chi connectivity index (χ4v) is 5.57. The number of sulfonamides is 1. The standard InChI is InChI=1S/C28H31F3N6O9S/c1-4-42-27(39)44-19(3)45-37-36(46-37)34-15-5-6-22(34)17-43-26(38)33-47(40,41)23-13-11-21(12-14-23)35-24(16-25(32-35)28(29,30)31)20-9-7-18(2)8-10-20/h7-14,16,19,22H,4-6,15,17H2,1-3H3,(H,33,38)/t19?,22-,36?,37?/m0/s1. The number of amides is 1. The molecular formula is C28H31F3N6O9S. The number of rotatable bonds is 11. The molecule has 2 aromatic heterocycles. The third kappa shape index (κ3) is 8.02. The zero-order valence-corrected chi connectivity index (χ0v) is 26.2. The van der Waals surface area contributed by atoms with Crippen LogP contribution < -0.4 is 14.6 Å². The molecule has 0 saturated carbocycles. The van der Waals surface area contributed by atoms with Gasteiger partial charge in [0, 0.05) is 19.0 Å². The molecule has 5 rings (SSSR count). The predicted octanol–water partition coefficient (Wildman–Crippen LogP) is 4.23. The first-order valence-electron chi connectivity index (χ1n) is 14.3. The van der Waals surface area contributed by atoms with Gasteiger partial charge in [0.25, 0.3) is 16.3 Å². The van der Waals surface area contributed by atoms with Crippen LogP contribution in [-0.4, -0.2) is 72.5 Å². The molecule has 19 heteroatoms. The first kappa shape index (κ1) is 33.3. The minimum atomic E-state index is -4.71. The SMILES string of the molecule is CCOC(=O)OC(C)On1on1N1CCC[C@H]1COC(=O)NS(=O)(=O)c1ccc(-n2nc(C(F)(F)F)cc2-c2ccc(C)cc2)cc1. The van der Waals surface area contributed by atoms with E-state index in [2.05, 4.69) is 9.84 Å². The van der Waals surface area contributed by atoms with Gasteiger partial charge in [-0.1, -0.05) is 29.8 Å². The summed E-state index contributed by atoms with van der Waals surface area (Å²) in [5, 5.41) is 6.33. The van der Waals surface area contributed by atoms with Crippen LogP contribution in [0.1, 0.15) is 37.9 Å². The van der Waals surface area contributed by atoms with Crippen LogP contribution in [0.4, 0.5) is 22.8 Å². The molecule has 2 aromatic carbocycles. The molecule has 2 atom stereocenters. The molecule has 1 saturated heterocycles. The fraction of sp³-hybridized carbons (Fsp3) is 0.393. The minimum absolute atomic E-state index is 0.130. The summed E-state index contributed by atoms with van der Waals surface area (Å²) in [5.41, 5.74) is 0.590. The zero-order chi connectivity index (χ0) is 33.9. The Morgan fingerprint density at radius 1 is 1.11 bits per heavy atom. The highest BCUT2D eigenvalue weighted by Gasteiger charge is 2.36. The Labute approximate surface area is 266 Å². The number of carbonyl (C=O) groups excluding carboxylic acids is 2. The molecule has 1 fully saturated rings. The molecule has 0 radical (unpaired) electrons. The quantitative estimate of drug-likeness (QED) is 0.178. The maximum atomic E-state index is 13.5. The first-order chi connectivity index (χ1) is 22.2. The summed E-state index contributed by atoms with van der Waals surface area (Å²) in [7, 11) is -4.41. The van der Waals surface area contributed by atoms with Gasteiger partial charge < -0.3 is 19.0 Å². The van der Waals surface area contributed by atoms with E-state index in [0.717, 1.165) is 33.5 Å². The van der Waals surface area contributed by atoms with E-state index in [4.69, 9.17) is 18.9 Å². The Hall–Kier alpha value is -5.07. The average Bonchev–Trinajstić information content (AvgIpc) is 3.37. The average molecular weight is 685 g/mol. The van der Waals surface area contributed by atoms with Crippen molar-refractivity contribution in [2.24, 2.45) is 0 Å². The maximum absolute atomic E-state index is 13.5. The lowest BCUT2D eigenvalue weighted by molar-refractivity contribution is -0.141. The number of benzene rings is 2. The van der Waals surface area contributed by atoms with Crippen LogP contribution in [0.15, 0.2) is 64.1 Å².